The number of nitriles is 1. The summed E-state index contributed by atoms with van der Waals surface area (Å²) in [6.45, 7) is 3.03. The molecule has 3 rings (SSSR count). The highest BCUT2D eigenvalue weighted by molar-refractivity contribution is 7.13. The first-order chi connectivity index (χ1) is 14.1. The van der Waals surface area contributed by atoms with Crippen molar-refractivity contribution in [3.8, 4) is 16.8 Å². The fourth-order valence-electron chi connectivity index (χ4n) is 2.70. The smallest absolute Gasteiger partial charge is 0.257 e. The average Bonchev–Trinajstić information content (AvgIpc) is 3.42. The average molecular weight is 411 g/mol. The minimum Gasteiger partial charge on any atom is -0.419 e. The molecule has 8 nitrogen and oxygen atoms in total. The van der Waals surface area contributed by atoms with E-state index in [1.165, 1.54) is 11.3 Å². The van der Waals surface area contributed by atoms with Crippen LogP contribution in [-0.2, 0) is 16.1 Å². The Morgan fingerprint density at radius 3 is 2.90 bits per heavy atom. The monoisotopic (exact) mass is 411 g/mol. The third kappa shape index (κ3) is 5.26. The molecule has 29 heavy (non-hydrogen) atoms. The highest BCUT2D eigenvalue weighted by atomic mass is 32.1. The van der Waals surface area contributed by atoms with Gasteiger partial charge in [0.2, 0.25) is 11.8 Å². The van der Waals surface area contributed by atoms with E-state index in [2.05, 4.69) is 21.6 Å². The number of para-hydroxylation sites is 1. The molecule has 2 heterocycles. The first-order valence-corrected chi connectivity index (χ1v) is 9.89. The molecule has 0 radical (unpaired) electrons. The summed E-state index contributed by atoms with van der Waals surface area (Å²) < 4.78 is 10.9. The lowest BCUT2D eigenvalue weighted by Crippen LogP contribution is -2.43. The van der Waals surface area contributed by atoms with Crippen molar-refractivity contribution in [2.24, 2.45) is 0 Å². The van der Waals surface area contributed by atoms with Crippen molar-refractivity contribution in [2.75, 3.05) is 25.6 Å². The van der Waals surface area contributed by atoms with Gasteiger partial charge in [-0.05, 0) is 30.5 Å². The molecule has 150 valence electrons. The summed E-state index contributed by atoms with van der Waals surface area (Å²) in [5, 5.41) is 22.2. The van der Waals surface area contributed by atoms with E-state index in [-0.39, 0.29) is 5.91 Å². The molecular formula is C20H21N5O3S. The first kappa shape index (κ1) is 20.7. The third-order valence-corrected chi connectivity index (χ3v) is 5.21. The summed E-state index contributed by atoms with van der Waals surface area (Å²) in [5.41, 5.74) is 0.894. The number of ether oxygens (including phenoxy) is 1. The lowest BCUT2D eigenvalue weighted by molar-refractivity contribution is -0.121. The zero-order valence-corrected chi connectivity index (χ0v) is 17.0. The SMILES string of the molecule is COCCN(Cc1nnc(-c2cccs2)o1)[C@@H](C)C(=O)Nc1ccccc1C#N. The molecule has 2 aromatic heterocycles. The van der Waals surface area contributed by atoms with E-state index in [0.29, 0.717) is 42.7 Å². The van der Waals surface area contributed by atoms with Crippen LogP contribution >= 0.6 is 11.3 Å². The van der Waals surface area contributed by atoms with Crippen LogP contribution in [0.15, 0.2) is 46.2 Å². The maximum atomic E-state index is 12.8. The molecular weight excluding hydrogens is 390 g/mol. The van der Waals surface area contributed by atoms with Gasteiger partial charge >= 0.3 is 0 Å². The first-order valence-electron chi connectivity index (χ1n) is 9.01. The Hall–Kier alpha value is -3.06. The maximum Gasteiger partial charge on any atom is 0.257 e. The molecule has 0 aliphatic heterocycles. The molecule has 0 bridgehead atoms. The Morgan fingerprint density at radius 2 is 2.17 bits per heavy atom. The van der Waals surface area contributed by atoms with E-state index in [1.54, 1.807) is 38.3 Å². The lowest BCUT2D eigenvalue weighted by Gasteiger charge is -2.26. The number of anilines is 1. The molecule has 9 heteroatoms. The molecule has 3 aromatic rings. The number of nitrogens with zero attached hydrogens (tertiary/aromatic N) is 4. The van der Waals surface area contributed by atoms with Gasteiger partial charge in [-0.1, -0.05) is 18.2 Å². The van der Waals surface area contributed by atoms with Gasteiger partial charge in [-0.25, -0.2) is 0 Å². The number of thiophene rings is 1. The van der Waals surface area contributed by atoms with Crippen LogP contribution in [0.2, 0.25) is 0 Å². The molecule has 0 aliphatic carbocycles. The number of benzene rings is 1. The standard InChI is InChI=1S/C20H21N5O3S/c1-14(19(26)22-16-7-4-3-6-15(16)12-21)25(9-10-27-2)13-18-23-24-20(28-18)17-8-5-11-29-17/h3-8,11,14H,9-10,13H2,1-2H3,(H,22,26)/t14-/m0/s1. The van der Waals surface area contributed by atoms with Crippen LogP contribution in [0.25, 0.3) is 10.8 Å². The van der Waals surface area contributed by atoms with Crippen molar-refractivity contribution in [3.05, 3.63) is 53.2 Å². The summed E-state index contributed by atoms with van der Waals surface area (Å²) in [5.74, 6) is 0.644. The number of methoxy groups -OCH3 is 1. The summed E-state index contributed by atoms with van der Waals surface area (Å²) in [6.07, 6.45) is 0. The molecule has 0 aliphatic rings. The topological polar surface area (TPSA) is 104 Å². The number of carbonyl (C=O) groups is 1. The minimum absolute atomic E-state index is 0.234. The Kier molecular flexibility index (Phi) is 7.08. The molecule has 1 amide bonds. The molecule has 0 spiro atoms. The van der Waals surface area contributed by atoms with Crippen LogP contribution in [0.4, 0.5) is 5.69 Å². The van der Waals surface area contributed by atoms with Gasteiger partial charge in [-0.15, -0.1) is 21.5 Å². The molecule has 0 saturated carbocycles. The molecule has 0 saturated heterocycles. The second kappa shape index (κ2) is 9.93. The maximum absolute atomic E-state index is 12.8. The van der Waals surface area contributed by atoms with E-state index >= 15 is 0 Å². The minimum atomic E-state index is -0.506. The van der Waals surface area contributed by atoms with Crippen LogP contribution in [-0.4, -0.2) is 47.3 Å². The van der Waals surface area contributed by atoms with Crippen LogP contribution in [0.1, 0.15) is 18.4 Å². The summed E-state index contributed by atoms with van der Waals surface area (Å²) in [6, 6.07) is 12.3. The Bertz CT molecular complexity index is 980. The second-order valence-corrected chi connectivity index (χ2v) is 7.21. The van der Waals surface area contributed by atoms with E-state index in [4.69, 9.17) is 9.15 Å². The highest BCUT2D eigenvalue weighted by Crippen LogP contribution is 2.23. The lowest BCUT2D eigenvalue weighted by atomic mass is 10.1. The van der Waals surface area contributed by atoms with Crippen molar-refractivity contribution < 1.29 is 13.9 Å². The fourth-order valence-corrected chi connectivity index (χ4v) is 3.35. The predicted octanol–water partition coefficient (Wildman–Crippen LogP) is 3.15. The van der Waals surface area contributed by atoms with Gasteiger partial charge in [0.25, 0.3) is 5.89 Å². The third-order valence-electron chi connectivity index (χ3n) is 4.35. The highest BCUT2D eigenvalue weighted by Gasteiger charge is 2.24. The largest absolute Gasteiger partial charge is 0.419 e. The molecule has 1 atom stereocenters. The zero-order chi connectivity index (χ0) is 20.6. The van der Waals surface area contributed by atoms with Crippen molar-refractivity contribution in [1.82, 2.24) is 15.1 Å². The van der Waals surface area contributed by atoms with Gasteiger partial charge in [-0.3, -0.25) is 9.69 Å². The van der Waals surface area contributed by atoms with E-state index < -0.39 is 6.04 Å². The Morgan fingerprint density at radius 1 is 1.34 bits per heavy atom. The normalized spacial score (nSPS) is 11.9. The van der Waals surface area contributed by atoms with Gasteiger partial charge in [0.15, 0.2) is 0 Å². The van der Waals surface area contributed by atoms with Crippen molar-refractivity contribution in [3.63, 3.8) is 0 Å². The molecule has 1 N–H and O–H groups in total. The van der Waals surface area contributed by atoms with Crippen LogP contribution in [0.3, 0.4) is 0 Å². The van der Waals surface area contributed by atoms with Gasteiger partial charge in [0.05, 0.1) is 35.3 Å². The summed E-state index contributed by atoms with van der Waals surface area (Å²) >= 11 is 1.52. The van der Waals surface area contributed by atoms with Gasteiger partial charge in [0.1, 0.15) is 6.07 Å². The van der Waals surface area contributed by atoms with Crippen LogP contribution in [0.5, 0.6) is 0 Å². The van der Waals surface area contributed by atoms with Gasteiger partial charge in [-0.2, -0.15) is 5.26 Å². The van der Waals surface area contributed by atoms with Crippen LogP contribution in [0, 0.1) is 11.3 Å². The number of rotatable bonds is 9. The fraction of sp³-hybridized carbons (Fsp3) is 0.300. The second-order valence-electron chi connectivity index (χ2n) is 6.26. The van der Waals surface area contributed by atoms with E-state index in [1.807, 2.05) is 22.4 Å². The number of aromatic nitrogens is 2. The van der Waals surface area contributed by atoms with Crippen molar-refractivity contribution >= 4 is 22.9 Å². The van der Waals surface area contributed by atoms with Gasteiger partial charge in [0, 0.05) is 13.7 Å². The number of hydrogen-bond acceptors (Lipinski definition) is 8. The zero-order valence-electron chi connectivity index (χ0n) is 16.2. The van der Waals surface area contributed by atoms with E-state index in [0.717, 1.165) is 4.88 Å². The van der Waals surface area contributed by atoms with Crippen LogP contribution < -0.4 is 5.32 Å². The summed E-state index contributed by atoms with van der Waals surface area (Å²) in [4.78, 5) is 15.6. The van der Waals surface area contributed by atoms with Gasteiger partial charge < -0.3 is 14.5 Å². The van der Waals surface area contributed by atoms with E-state index in [9.17, 15) is 10.1 Å². The molecule has 1 aromatic carbocycles. The quantitative estimate of drug-likeness (QED) is 0.577. The number of amides is 1. The molecule has 0 fully saturated rings. The van der Waals surface area contributed by atoms with Crippen molar-refractivity contribution in [2.45, 2.75) is 19.5 Å². The summed E-state index contributed by atoms with van der Waals surface area (Å²) in [7, 11) is 1.60. The Balaban J connectivity index is 1.71. The number of nitrogens with one attached hydrogen (secondary N) is 1. The number of carbonyl (C=O) groups excluding carboxylic acids is 1. The predicted molar refractivity (Wildman–Crippen MR) is 109 cm³/mol. The van der Waals surface area contributed by atoms with Crippen molar-refractivity contribution in [1.29, 1.82) is 5.26 Å². The Labute approximate surface area is 172 Å². The number of hydrogen-bond donors (Lipinski definition) is 1. The molecule has 0 unspecified atom stereocenters.